The Morgan fingerprint density at radius 3 is 1.44 bits per heavy atom. The zero-order chi connectivity index (χ0) is 38.5. The fraction of sp³-hybridized carbons (Fsp3) is 0.378. The first-order chi connectivity index (χ1) is 22.4. The standard InChI is InChI=1S/C12H16FNOSi.C9H8FNO.C7H12OSi.C5H3BrFN.C4H9.Li/c1-12(15,7-8-16(2,3)4)11-6-5-10(13)9-14-11;1-3-9(2,12)8-5-4-7(10)6-11-8;1-7(8)5-6-9(2,3)4;6-5-2-1-4(7)3-8-5;1-3-4-2;/h5-6,9,15H,1-4H3;1,4-6,12H,2H3;1-4H3;1-3H;3H,4H2,1-2H3;/q;;;;-1;+1. The summed E-state index contributed by atoms with van der Waals surface area (Å²) in [5.41, 5.74) is 3.95. The van der Waals surface area contributed by atoms with Gasteiger partial charge < -0.3 is 16.6 Å². The topological polar surface area (TPSA) is 96.2 Å². The molecule has 266 valence electrons. The van der Waals surface area contributed by atoms with Gasteiger partial charge in [-0.3, -0.25) is 14.8 Å². The Morgan fingerprint density at radius 2 is 1.20 bits per heavy atom. The molecule has 0 saturated heterocycles. The van der Waals surface area contributed by atoms with Crippen molar-refractivity contribution in [3.8, 4) is 35.3 Å². The van der Waals surface area contributed by atoms with Crippen LogP contribution in [-0.2, 0) is 16.0 Å². The molecule has 2 atom stereocenters. The van der Waals surface area contributed by atoms with Crippen LogP contribution in [0.3, 0.4) is 0 Å². The normalized spacial score (nSPS) is 12.2. The summed E-state index contributed by atoms with van der Waals surface area (Å²) in [6.07, 6.45) is 11.6. The molecule has 6 nitrogen and oxygen atoms in total. The second-order valence-corrected chi connectivity index (χ2v) is 23.0. The average Bonchev–Trinajstić information content (AvgIpc) is 3.01. The van der Waals surface area contributed by atoms with Crippen molar-refractivity contribution in [2.75, 3.05) is 0 Å². The first kappa shape index (κ1) is 51.4. The molecule has 3 rings (SSSR count). The number of rotatable bonds is 3. The Labute approximate surface area is 319 Å². The van der Waals surface area contributed by atoms with Gasteiger partial charge in [0.2, 0.25) is 5.78 Å². The molecule has 0 aromatic carbocycles. The van der Waals surface area contributed by atoms with Crippen LogP contribution in [0.1, 0.15) is 52.4 Å². The van der Waals surface area contributed by atoms with E-state index < -0.39 is 39.0 Å². The summed E-state index contributed by atoms with van der Waals surface area (Å²) in [4.78, 5) is 21.5. The molecule has 0 fully saturated rings. The van der Waals surface area contributed by atoms with Crippen molar-refractivity contribution in [3.05, 3.63) is 94.9 Å². The minimum absolute atomic E-state index is 0. The van der Waals surface area contributed by atoms with Gasteiger partial charge in [-0.15, -0.1) is 17.5 Å². The van der Waals surface area contributed by atoms with E-state index in [0.29, 0.717) is 10.3 Å². The molecule has 13 heteroatoms. The largest absolute Gasteiger partial charge is 1.00 e. The van der Waals surface area contributed by atoms with Gasteiger partial charge >= 0.3 is 18.9 Å². The Morgan fingerprint density at radius 1 is 0.820 bits per heavy atom. The van der Waals surface area contributed by atoms with Crippen LogP contribution in [0.25, 0.3) is 0 Å². The molecule has 0 radical (unpaired) electrons. The zero-order valence-electron chi connectivity index (χ0n) is 31.2. The predicted octanol–water partition coefficient (Wildman–Crippen LogP) is 5.43. The smallest absolute Gasteiger partial charge is 0.372 e. The molecular weight excluding hydrogens is 734 g/mol. The molecule has 0 bridgehead atoms. The molecule has 0 spiro atoms. The molecular formula is C37H48BrF3LiN3O3Si2. The van der Waals surface area contributed by atoms with Crippen molar-refractivity contribution in [1.29, 1.82) is 0 Å². The minimum Gasteiger partial charge on any atom is -0.372 e. The molecule has 3 aromatic heterocycles. The maximum Gasteiger partial charge on any atom is 1.00 e. The van der Waals surface area contributed by atoms with E-state index in [-0.39, 0.29) is 36.2 Å². The van der Waals surface area contributed by atoms with E-state index in [1.54, 1.807) is 13.0 Å². The molecule has 2 unspecified atom stereocenters. The van der Waals surface area contributed by atoms with Gasteiger partial charge in [-0.05, 0) is 72.1 Å². The second-order valence-electron chi connectivity index (χ2n) is 12.7. The number of hydrogen-bond donors (Lipinski definition) is 2. The van der Waals surface area contributed by atoms with Crippen LogP contribution in [0.5, 0.6) is 0 Å². The van der Waals surface area contributed by atoms with Gasteiger partial charge in [0.25, 0.3) is 0 Å². The number of carbonyl (C=O) groups is 1. The average molecular weight is 783 g/mol. The van der Waals surface area contributed by atoms with Gasteiger partial charge in [0, 0.05) is 6.92 Å². The summed E-state index contributed by atoms with van der Waals surface area (Å²) in [5.74, 6) is 6.31. The zero-order valence-corrected chi connectivity index (χ0v) is 34.8. The van der Waals surface area contributed by atoms with Crippen molar-refractivity contribution in [2.45, 2.75) is 91.5 Å². The summed E-state index contributed by atoms with van der Waals surface area (Å²) in [7, 11) is -2.84. The maximum atomic E-state index is 12.7. The van der Waals surface area contributed by atoms with Gasteiger partial charge in [0.05, 0.1) is 30.0 Å². The maximum absolute atomic E-state index is 12.7. The van der Waals surface area contributed by atoms with Gasteiger partial charge in [-0.25, -0.2) is 18.2 Å². The summed E-state index contributed by atoms with van der Waals surface area (Å²) >= 11 is 3.07. The number of unbranched alkanes of at least 4 members (excludes halogenated alkanes) is 1. The Hall–Kier alpha value is -2.98. The van der Waals surface area contributed by atoms with Crippen LogP contribution in [0.2, 0.25) is 39.3 Å². The van der Waals surface area contributed by atoms with Crippen LogP contribution >= 0.6 is 15.9 Å². The minimum atomic E-state index is -1.53. The number of halogens is 4. The third kappa shape index (κ3) is 27.8. The quantitative estimate of drug-likeness (QED) is 0.159. The molecule has 2 N–H and O–H groups in total. The van der Waals surface area contributed by atoms with Crippen molar-refractivity contribution in [2.24, 2.45) is 0 Å². The third-order valence-corrected chi connectivity index (χ3v) is 7.35. The van der Waals surface area contributed by atoms with E-state index in [0.717, 1.165) is 18.6 Å². The van der Waals surface area contributed by atoms with E-state index in [4.69, 9.17) is 6.42 Å². The number of hydrogen-bond acceptors (Lipinski definition) is 6. The number of nitrogens with zero attached hydrogens (tertiary/aromatic N) is 3. The van der Waals surface area contributed by atoms with Crippen LogP contribution in [0, 0.1) is 59.1 Å². The van der Waals surface area contributed by atoms with Crippen LogP contribution < -0.4 is 18.9 Å². The van der Waals surface area contributed by atoms with Crippen molar-refractivity contribution in [3.63, 3.8) is 0 Å². The summed E-state index contributed by atoms with van der Waals surface area (Å²) in [5, 5.41) is 19.6. The number of carbonyl (C=O) groups excluding carboxylic acids is 1. The van der Waals surface area contributed by atoms with Crippen molar-refractivity contribution in [1.82, 2.24) is 15.0 Å². The van der Waals surface area contributed by atoms with Gasteiger partial charge in [0.1, 0.15) is 38.2 Å². The molecule has 3 aromatic rings. The fourth-order valence-corrected chi connectivity index (χ4v) is 3.81. The van der Waals surface area contributed by atoms with Gasteiger partial charge in [-0.1, -0.05) is 58.0 Å². The molecule has 50 heavy (non-hydrogen) atoms. The molecule has 3 heterocycles. The Bertz CT molecular complexity index is 1560. The molecule has 0 aliphatic carbocycles. The van der Waals surface area contributed by atoms with Crippen molar-refractivity contribution < 1.29 is 47.0 Å². The third-order valence-electron chi connectivity index (χ3n) is 5.13. The van der Waals surface area contributed by atoms with Crippen LogP contribution in [-0.4, -0.2) is 47.1 Å². The first-order valence-corrected chi connectivity index (χ1v) is 23.0. The molecule has 0 aliphatic heterocycles. The van der Waals surface area contributed by atoms with E-state index in [2.05, 4.69) is 119 Å². The predicted molar refractivity (Wildman–Crippen MR) is 201 cm³/mol. The summed E-state index contributed by atoms with van der Waals surface area (Å²) in [6, 6.07) is 8.18. The van der Waals surface area contributed by atoms with Gasteiger partial charge in [0.15, 0.2) is 11.2 Å². The number of aliphatic hydroxyl groups is 2. The number of terminal acetylenes is 1. The monoisotopic (exact) mass is 781 g/mol. The Kier molecular flexibility index (Phi) is 25.7. The van der Waals surface area contributed by atoms with Crippen LogP contribution in [0.15, 0.2) is 59.6 Å². The first-order valence-electron chi connectivity index (χ1n) is 15.2. The van der Waals surface area contributed by atoms with E-state index >= 15 is 0 Å². The van der Waals surface area contributed by atoms with Gasteiger partial charge in [-0.2, -0.15) is 13.3 Å². The summed E-state index contributed by atoms with van der Waals surface area (Å²) < 4.78 is 37.7. The second kappa shape index (κ2) is 25.1. The van der Waals surface area contributed by atoms with E-state index in [1.165, 1.54) is 50.6 Å². The number of ketones is 1. The number of Topliss-reactive ketones (excluding diaryl/α,β-unsaturated/α-hetero) is 1. The fourth-order valence-electron chi connectivity index (χ4n) is 2.41. The van der Waals surface area contributed by atoms with E-state index in [9.17, 15) is 28.2 Å². The SMILES string of the molecule is C#CC(C)(O)c1ccc(F)cn1.CC(=O)C#C[Si](C)(C)C.CC(O)(C#C[Si](C)(C)C)c1ccc(F)cn1.C[CH-]CC.Fc1ccc(Br)nc1.[Li+]. The van der Waals surface area contributed by atoms with Crippen LogP contribution in [0.4, 0.5) is 13.2 Å². The molecule has 0 saturated carbocycles. The number of aromatic nitrogens is 3. The Balaban J connectivity index is -0.000000581. The van der Waals surface area contributed by atoms with Crippen molar-refractivity contribution >= 4 is 37.9 Å². The molecule has 0 amide bonds. The van der Waals surface area contributed by atoms with E-state index in [1.807, 2.05) is 0 Å². The number of pyridine rings is 3. The summed E-state index contributed by atoms with van der Waals surface area (Å²) in [6.45, 7) is 21.3. The molecule has 0 aliphatic rings.